The standard InChI is InChI=1S/C13H23NS/c1-10-6-9-15-12(10)11(2)14-8-7-13(3,4)5/h6,9,11,14H,7-8H2,1-5H3. The molecule has 1 aromatic rings. The summed E-state index contributed by atoms with van der Waals surface area (Å²) in [6.45, 7) is 12.4. The van der Waals surface area contributed by atoms with Gasteiger partial charge in [0.1, 0.15) is 0 Å². The molecule has 0 saturated carbocycles. The van der Waals surface area contributed by atoms with Gasteiger partial charge >= 0.3 is 0 Å². The van der Waals surface area contributed by atoms with Crippen LogP contribution in [0.25, 0.3) is 0 Å². The first-order chi connectivity index (χ1) is 6.90. The molecule has 0 bridgehead atoms. The second-order valence-corrected chi connectivity index (χ2v) is 6.40. The van der Waals surface area contributed by atoms with Crippen LogP contribution in [0.2, 0.25) is 0 Å². The molecule has 1 atom stereocenters. The van der Waals surface area contributed by atoms with Crippen molar-refractivity contribution >= 4 is 11.3 Å². The van der Waals surface area contributed by atoms with E-state index in [1.54, 1.807) is 0 Å². The van der Waals surface area contributed by atoms with Crippen LogP contribution in [-0.4, -0.2) is 6.54 Å². The number of hydrogen-bond acceptors (Lipinski definition) is 2. The van der Waals surface area contributed by atoms with E-state index in [9.17, 15) is 0 Å². The summed E-state index contributed by atoms with van der Waals surface area (Å²) < 4.78 is 0. The highest BCUT2D eigenvalue weighted by molar-refractivity contribution is 7.10. The van der Waals surface area contributed by atoms with Gasteiger partial charge in [0.25, 0.3) is 0 Å². The maximum atomic E-state index is 3.59. The number of thiophene rings is 1. The molecule has 1 nitrogen and oxygen atoms in total. The lowest BCUT2D eigenvalue weighted by Crippen LogP contribution is -2.23. The molecule has 1 N–H and O–H groups in total. The van der Waals surface area contributed by atoms with E-state index in [1.807, 2.05) is 11.3 Å². The van der Waals surface area contributed by atoms with Gasteiger partial charge in [-0.2, -0.15) is 0 Å². The Bertz CT molecular complexity index is 296. The molecule has 0 aliphatic heterocycles. The molecule has 1 unspecified atom stereocenters. The fourth-order valence-electron chi connectivity index (χ4n) is 1.58. The van der Waals surface area contributed by atoms with E-state index >= 15 is 0 Å². The summed E-state index contributed by atoms with van der Waals surface area (Å²) in [5, 5.41) is 5.77. The summed E-state index contributed by atoms with van der Waals surface area (Å²) in [4.78, 5) is 1.48. The van der Waals surface area contributed by atoms with Crippen molar-refractivity contribution < 1.29 is 0 Å². The fourth-order valence-corrected chi connectivity index (χ4v) is 2.54. The first kappa shape index (κ1) is 12.7. The Hall–Kier alpha value is -0.340. The van der Waals surface area contributed by atoms with Gasteiger partial charge in [-0.25, -0.2) is 0 Å². The van der Waals surface area contributed by atoms with Crippen molar-refractivity contribution in [2.45, 2.75) is 47.1 Å². The monoisotopic (exact) mass is 225 g/mol. The van der Waals surface area contributed by atoms with Gasteiger partial charge in [0, 0.05) is 10.9 Å². The molecular weight excluding hydrogens is 202 g/mol. The van der Waals surface area contributed by atoms with E-state index in [2.05, 4.69) is 51.4 Å². The number of hydrogen-bond donors (Lipinski definition) is 1. The van der Waals surface area contributed by atoms with Crippen molar-refractivity contribution in [3.05, 3.63) is 21.9 Å². The SMILES string of the molecule is Cc1ccsc1C(C)NCCC(C)(C)C. The van der Waals surface area contributed by atoms with Crippen molar-refractivity contribution in [2.24, 2.45) is 5.41 Å². The quantitative estimate of drug-likeness (QED) is 0.812. The molecule has 86 valence electrons. The van der Waals surface area contributed by atoms with Crippen molar-refractivity contribution in [1.82, 2.24) is 5.32 Å². The van der Waals surface area contributed by atoms with E-state index in [4.69, 9.17) is 0 Å². The smallest absolute Gasteiger partial charge is 0.0388 e. The second-order valence-electron chi connectivity index (χ2n) is 5.45. The van der Waals surface area contributed by atoms with Crippen LogP contribution in [0, 0.1) is 12.3 Å². The topological polar surface area (TPSA) is 12.0 Å². The molecule has 2 heteroatoms. The molecule has 0 saturated heterocycles. The van der Waals surface area contributed by atoms with E-state index < -0.39 is 0 Å². The summed E-state index contributed by atoms with van der Waals surface area (Å²) in [5.74, 6) is 0. The molecule has 0 aliphatic rings. The third-order valence-electron chi connectivity index (χ3n) is 2.62. The van der Waals surface area contributed by atoms with Crippen LogP contribution in [0.5, 0.6) is 0 Å². The summed E-state index contributed by atoms with van der Waals surface area (Å²) in [6, 6.07) is 2.69. The molecule has 0 radical (unpaired) electrons. The molecule has 15 heavy (non-hydrogen) atoms. The summed E-state index contributed by atoms with van der Waals surface area (Å²) >= 11 is 1.85. The van der Waals surface area contributed by atoms with Crippen LogP contribution in [0.15, 0.2) is 11.4 Å². The minimum atomic E-state index is 0.428. The van der Waals surface area contributed by atoms with Crippen LogP contribution in [0.1, 0.15) is 50.6 Å². The molecule has 1 heterocycles. The molecule has 0 amide bonds. The summed E-state index contributed by atoms with van der Waals surface area (Å²) in [5.41, 5.74) is 1.84. The largest absolute Gasteiger partial charge is 0.309 e. The third-order valence-corrected chi connectivity index (χ3v) is 3.82. The first-order valence-electron chi connectivity index (χ1n) is 5.67. The highest BCUT2D eigenvalue weighted by Gasteiger charge is 2.12. The maximum absolute atomic E-state index is 3.59. The third kappa shape index (κ3) is 4.35. The highest BCUT2D eigenvalue weighted by atomic mass is 32.1. The molecule has 1 rings (SSSR count). The normalized spacial score (nSPS) is 14.2. The minimum Gasteiger partial charge on any atom is -0.309 e. The van der Waals surface area contributed by atoms with Gasteiger partial charge in [0.05, 0.1) is 0 Å². The van der Waals surface area contributed by atoms with Crippen molar-refractivity contribution in [3.8, 4) is 0 Å². The van der Waals surface area contributed by atoms with Crippen molar-refractivity contribution in [2.75, 3.05) is 6.54 Å². The lowest BCUT2D eigenvalue weighted by molar-refractivity contribution is 0.358. The highest BCUT2D eigenvalue weighted by Crippen LogP contribution is 2.24. The maximum Gasteiger partial charge on any atom is 0.0388 e. The predicted molar refractivity (Wildman–Crippen MR) is 69.5 cm³/mol. The lowest BCUT2D eigenvalue weighted by Gasteiger charge is -2.20. The minimum absolute atomic E-state index is 0.428. The summed E-state index contributed by atoms with van der Waals surface area (Å²) in [7, 11) is 0. The molecule has 0 fully saturated rings. The lowest BCUT2D eigenvalue weighted by atomic mass is 9.92. The van der Waals surface area contributed by atoms with Gasteiger partial charge in [-0.1, -0.05) is 20.8 Å². The Morgan fingerprint density at radius 3 is 2.53 bits per heavy atom. The van der Waals surface area contributed by atoms with E-state index in [-0.39, 0.29) is 0 Å². The van der Waals surface area contributed by atoms with Crippen LogP contribution in [0.3, 0.4) is 0 Å². The fraction of sp³-hybridized carbons (Fsp3) is 0.692. The first-order valence-corrected chi connectivity index (χ1v) is 6.55. The zero-order valence-corrected chi connectivity index (χ0v) is 11.4. The van der Waals surface area contributed by atoms with Gasteiger partial charge < -0.3 is 5.32 Å². The molecule has 1 aromatic heterocycles. The Kier molecular flexibility index (Phi) is 4.35. The average Bonchev–Trinajstić information content (AvgIpc) is 2.48. The average molecular weight is 225 g/mol. The Morgan fingerprint density at radius 1 is 1.40 bits per heavy atom. The van der Waals surface area contributed by atoms with Crippen molar-refractivity contribution in [1.29, 1.82) is 0 Å². The van der Waals surface area contributed by atoms with Gasteiger partial charge in [-0.3, -0.25) is 0 Å². The van der Waals surface area contributed by atoms with E-state index in [0.29, 0.717) is 11.5 Å². The Labute approximate surface area is 97.9 Å². The zero-order valence-electron chi connectivity index (χ0n) is 10.6. The number of rotatable bonds is 4. The van der Waals surface area contributed by atoms with E-state index in [0.717, 1.165) is 6.54 Å². The van der Waals surface area contributed by atoms with Crippen LogP contribution < -0.4 is 5.32 Å². The van der Waals surface area contributed by atoms with Gasteiger partial charge in [-0.05, 0) is 49.2 Å². The van der Waals surface area contributed by atoms with Crippen LogP contribution >= 0.6 is 11.3 Å². The zero-order chi connectivity index (χ0) is 11.5. The molecule has 0 aliphatic carbocycles. The van der Waals surface area contributed by atoms with Gasteiger partial charge in [-0.15, -0.1) is 11.3 Å². The van der Waals surface area contributed by atoms with Gasteiger partial charge in [0.2, 0.25) is 0 Å². The summed E-state index contributed by atoms with van der Waals surface area (Å²) in [6.07, 6.45) is 1.22. The van der Waals surface area contributed by atoms with Crippen LogP contribution in [0.4, 0.5) is 0 Å². The number of aryl methyl sites for hydroxylation is 1. The predicted octanol–water partition coefficient (Wildman–Crippen LogP) is 4.14. The molecule has 0 spiro atoms. The molecule has 0 aromatic carbocycles. The Balaban J connectivity index is 2.37. The Morgan fingerprint density at radius 2 is 2.07 bits per heavy atom. The molecular formula is C13H23NS. The number of nitrogens with one attached hydrogen (secondary N) is 1. The van der Waals surface area contributed by atoms with E-state index in [1.165, 1.54) is 16.9 Å². The van der Waals surface area contributed by atoms with Crippen molar-refractivity contribution in [3.63, 3.8) is 0 Å². The second kappa shape index (κ2) is 5.13. The van der Waals surface area contributed by atoms with Gasteiger partial charge in [0.15, 0.2) is 0 Å². The van der Waals surface area contributed by atoms with Crippen LogP contribution in [-0.2, 0) is 0 Å².